The molecule has 0 aliphatic carbocycles. The summed E-state index contributed by atoms with van der Waals surface area (Å²) in [5.41, 5.74) is 2.92. The van der Waals surface area contributed by atoms with Gasteiger partial charge in [0, 0.05) is 11.3 Å². The molecule has 0 aliphatic rings. The van der Waals surface area contributed by atoms with E-state index in [-0.39, 0.29) is 23.5 Å². The van der Waals surface area contributed by atoms with Crippen LogP contribution in [0.1, 0.15) is 21.6 Å². The monoisotopic (exact) mass is 333 g/mol. The van der Waals surface area contributed by atoms with Crippen LogP contribution >= 0.6 is 0 Å². The summed E-state index contributed by atoms with van der Waals surface area (Å²) in [5.74, 6) is -0.162. The summed E-state index contributed by atoms with van der Waals surface area (Å²) in [6.07, 6.45) is 1.39. The molecule has 6 heteroatoms. The van der Waals surface area contributed by atoms with Gasteiger partial charge < -0.3 is 4.42 Å². The maximum Gasteiger partial charge on any atom is 0.297 e. The van der Waals surface area contributed by atoms with Gasteiger partial charge in [-0.1, -0.05) is 30.3 Å². The van der Waals surface area contributed by atoms with Gasteiger partial charge in [0.25, 0.3) is 5.56 Å². The van der Waals surface area contributed by atoms with Gasteiger partial charge in [-0.3, -0.25) is 14.2 Å². The molecule has 0 spiro atoms. The summed E-state index contributed by atoms with van der Waals surface area (Å²) in [6.45, 7) is 3.70. The quantitative estimate of drug-likeness (QED) is 0.539. The number of aromatic nitrogens is 3. The summed E-state index contributed by atoms with van der Waals surface area (Å²) in [6, 6.07) is 10.8. The number of carbonyl (C=O) groups excluding carboxylic acids is 1. The lowest BCUT2D eigenvalue weighted by molar-refractivity contribution is 0.0970. The van der Waals surface area contributed by atoms with E-state index in [0.717, 1.165) is 16.6 Å². The van der Waals surface area contributed by atoms with Gasteiger partial charge in [-0.25, -0.2) is 9.97 Å². The lowest BCUT2D eigenvalue weighted by atomic mass is 10.1. The molecule has 3 heterocycles. The number of aryl methyl sites for hydroxylation is 2. The predicted octanol–water partition coefficient (Wildman–Crippen LogP) is 3.04. The Morgan fingerprint density at radius 2 is 1.96 bits per heavy atom. The number of rotatable bonds is 3. The average Bonchev–Trinajstić information content (AvgIpc) is 2.97. The van der Waals surface area contributed by atoms with Crippen LogP contribution in [-0.2, 0) is 6.54 Å². The summed E-state index contributed by atoms with van der Waals surface area (Å²) >= 11 is 0. The van der Waals surface area contributed by atoms with Crippen LogP contribution in [0.5, 0.6) is 0 Å². The number of fused-ring (bicyclic) bond motifs is 3. The molecule has 4 aromatic rings. The van der Waals surface area contributed by atoms with Crippen LogP contribution in [0.15, 0.2) is 51.9 Å². The summed E-state index contributed by atoms with van der Waals surface area (Å²) in [7, 11) is 0. The van der Waals surface area contributed by atoms with Gasteiger partial charge in [0.15, 0.2) is 5.78 Å². The minimum absolute atomic E-state index is 0.0890. The Morgan fingerprint density at radius 3 is 2.72 bits per heavy atom. The molecule has 0 fully saturated rings. The van der Waals surface area contributed by atoms with Gasteiger partial charge in [0.05, 0.1) is 18.3 Å². The molecule has 4 rings (SSSR count). The van der Waals surface area contributed by atoms with Gasteiger partial charge in [0.1, 0.15) is 5.52 Å². The van der Waals surface area contributed by atoms with Crippen LogP contribution in [-0.4, -0.2) is 20.3 Å². The van der Waals surface area contributed by atoms with E-state index in [1.165, 1.54) is 10.9 Å². The van der Waals surface area contributed by atoms with Crippen LogP contribution in [0.3, 0.4) is 0 Å². The van der Waals surface area contributed by atoms with Crippen molar-refractivity contribution in [1.29, 1.82) is 0 Å². The van der Waals surface area contributed by atoms with Crippen molar-refractivity contribution in [1.82, 2.24) is 14.5 Å². The molecule has 0 saturated heterocycles. The highest BCUT2D eigenvalue weighted by Gasteiger charge is 2.17. The Hall–Kier alpha value is -3.28. The molecule has 0 unspecified atom stereocenters. The predicted molar refractivity (Wildman–Crippen MR) is 93.8 cm³/mol. The average molecular weight is 333 g/mol. The van der Waals surface area contributed by atoms with Crippen LogP contribution in [0, 0.1) is 13.8 Å². The molecule has 1 aromatic carbocycles. The van der Waals surface area contributed by atoms with E-state index >= 15 is 0 Å². The molecule has 124 valence electrons. The Balaban J connectivity index is 1.83. The lowest BCUT2D eigenvalue weighted by Crippen LogP contribution is -2.24. The molecule has 0 N–H and O–H groups in total. The van der Waals surface area contributed by atoms with Crippen molar-refractivity contribution in [2.24, 2.45) is 0 Å². The van der Waals surface area contributed by atoms with Gasteiger partial charge >= 0.3 is 0 Å². The second-order valence-electron chi connectivity index (χ2n) is 6.01. The molecule has 0 saturated carbocycles. The number of furan rings is 1. The largest absolute Gasteiger partial charge is 0.430 e. The molecule has 0 atom stereocenters. The third kappa shape index (κ3) is 2.52. The van der Waals surface area contributed by atoms with E-state index in [9.17, 15) is 9.59 Å². The topological polar surface area (TPSA) is 78.0 Å². The van der Waals surface area contributed by atoms with Crippen LogP contribution < -0.4 is 5.56 Å². The highest BCUT2D eigenvalue weighted by Crippen LogP contribution is 2.26. The van der Waals surface area contributed by atoms with Gasteiger partial charge in [-0.05, 0) is 25.5 Å². The highest BCUT2D eigenvalue weighted by atomic mass is 16.3. The molecule has 3 aromatic heterocycles. The number of benzene rings is 1. The first-order valence-corrected chi connectivity index (χ1v) is 7.89. The first kappa shape index (κ1) is 15.3. The fraction of sp³-hybridized carbons (Fsp3) is 0.158. The van der Waals surface area contributed by atoms with Gasteiger partial charge in [0.2, 0.25) is 11.3 Å². The van der Waals surface area contributed by atoms with Crippen LogP contribution in [0.2, 0.25) is 0 Å². The van der Waals surface area contributed by atoms with Crippen molar-refractivity contribution in [3.05, 3.63) is 69.9 Å². The molecule has 0 aliphatic heterocycles. The summed E-state index contributed by atoms with van der Waals surface area (Å²) < 4.78 is 6.92. The number of carbonyl (C=O) groups is 1. The van der Waals surface area contributed by atoms with Gasteiger partial charge in [-0.2, -0.15) is 0 Å². The summed E-state index contributed by atoms with van der Waals surface area (Å²) in [4.78, 5) is 33.7. The van der Waals surface area contributed by atoms with E-state index in [0.29, 0.717) is 16.8 Å². The van der Waals surface area contributed by atoms with Crippen LogP contribution in [0.25, 0.3) is 22.2 Å². The molecular weight excluding hydrogens is 318 g/mol. The number of hydrogen-bond donors (Lipinski definition) is 0. The molecule has 6 nitrogen and oxygen atoms in total. The Labute approximate surface area is 142 Å². The number of nitrogens with zero attached hydrogens (tertiary/aromatic N) is 3. The number of Topliss-reactive ketones (excluding diaryl/α,β-unsaturated/α-hetero) is 1. The maximum absolute atomic E-state index is 12.7. The zero-order chi connectivity index (χ0) is 17.6. The van der Waals surface area contributed by atoms with E-state index in [4.69, 9.17) is 4.42 Å². The van der Waals surface area contributed by atoms with Crippen molar-refractivity contribution in [2.75, 3.05) is 0 Å². The third-order valence-electron chi connectivity index (χ3n) is 4.15. The first-order chi connectivity index (χ1) is 12.0. The molecule has 0 radical (unpaired) electrons. The highest BCUT2D eigenvalue weighted by molar-refractivity contribution is 6.02. The van der Waals surface area contributed by atoms with Gasteiger partial charge in [-0.15, -0.1) is 0 Å². The Bertz CT molecular complexity index is 1170. The molecule has 0 amide bonds. The van der Waals surface area contributed by atoms with Crippen molar-refractivity contribution in [3.63, 3.8) is 0 Å². The van der Waals surface area contributed by atoms with Crippen molar-refractivity contribution < 1.29 is 9.21 Å². The fourth-order valence-corrected chi connectivity index (χ4v) is 2.98. The first-order valence-electron chi connectivity index (χ1n) is 7.89. The van der Waals surface area contributed by atoms with Crippen molar-refractivity contribution >= 4 is 28.0 Å². The molecule has 0 bridgehead atoms. The Morgan fingerprint density at radius 1 is 1.20 bits per heavy atom. The maximum atomic E-state index is 12.7. The van der Waals surface area contributed by atoms with Crippen LogP contribution in [0.4, 0.5) is 0 Å². The zero-order valence-electron chi connectivity index (χ0n) is 13.8. The van der Waals surface area contributed by atoms with Crippen molar-refractivity contribution in [2.45, 2.75) is 20.4 Å². The smallest absolute Gasteiger partial charge is 0.297 e. The normalized spacial score (nSPS) is 11.3. The second kappa shape index (κ2) is 5.66. The molecular formula is C19H15N3O3. The zero-order valence-corrected chi connectivity index (χ0v) is 13.8. The molecule has 25 heavy (non-hydrogen) atoms. The number of ketones is 1. The van der Waals surface area contributed by atoms with E-state index < -0.39 is 0 Å². The second-order valence-corrected chi connectivity index (χ2v) is 6.01. The van der Waals surface area contributed by atoms with Crippen molar-refractivity contribution in [3.8, 4) is 0 Å². The van der Waals surface area contributed by atoms with E-state index in [1.807, 2.05) is 26.0 Å². The minimum atomic E-state index is -0.385. The number of hydrogen-bond acceptors (Lipinski definition) is 5. The standard InChI is InChI=1S/C19H15N3O3/c1-11-8-12(2)21-18-15(11)16-17(25-18)19(24)22(10-20-16)9-14(23)13-6-4-3-5-7-13/h3-8,10H,9H2,1-2H3. The fourth-order valence-electron chi connectivity index (χ4n) is 2.98. The lowest BCUT2D eigenvalue weighted by Gasteiger charge is -2.04. The minimum Gasteiger partial charge on any atom is -0.430 e. The summed E-state index contributed by atoms with van der Waals surface area (Å²) in [5, 5.41) is 0.735. The van der Waals surface area contributed by atoms with E-state index in [2.05, 4.69) is 9.97 Å². The van der Waals surface area contributed by atoms with E-state index in [1.54, 1.807) is 24.3 Å². The SMILES string of the molecule is Cc1cc(C)c2c(n1)oc1c(=O)n(CC(=O)c3ccccc3)cnc12. The number of pyridine rings is 1. The Kier molecular flexibility index (Phi) is 3.46. The third-order valence-corrected chi connectivity index (χ3v) is 4.15.